The predicted molar refractivity (Wildman–Crippen MR) is 83.7 cm³/mol. The first-order valence-corrected chi connectivity index (χ1v) is 6.75. The standard InChI is InChI=1S/C15H13ClN2O4/c1-9-4-3-5-13(10(9)2)17-15(19)22-14-7-6-11(18(20)21)8-12(14)16/h3-8H,1-2H3,(H,17,19). The van der Waals surface area contributed by atoms with Crippen LogP contribution in [0.4, 0.5) is 16.2 Å². The lowest BCUT2D eigenvalue weighted by Crippen LogP contribution is -2.17. The van der Waals surface area contributed by atoms with Gasteiger partial charge in [0.05, 0.1) is 9.95 Å². The molecule has 0 fully saturated rings. The van der Waals surface area contributed by atoms with Crippen LogP contribution in [0.5, 0.6) is 5.75 Å². The van der Waals surface area contributed by atoms with Gasteiger partial charge >= 0.3 is 6.09 Å². The summed E-state index contributed by atoms with van der Waals surface area (Å²) >= 11 is 5.87. The van der Waals surface area contributed by atoms with E-state index in [9.17, 15) is 14.9 Å². The molecule has 0 radical (unpaired) electrons. The first kappa shape index (κ1) is 15.8. The second-order valence-electron chi connectivity index (χ2n) is 4.63. The molecule has 0 bridgehead atoms. The molecule has 0 spiro atoms. The molecule has 6 nitrogen and oxygen atoms in total. The van der Waals surface area contributed by atoms with Gasteiger partial charge in [0.25, 0.3) is 5.69 Å². The lowest BCUT2D eigenvalue weighted by molar-refractivity contribution is -0.384. The molecule has 0 aliphatic rings. The number of anilines is 1. The highest BCUT2D eigenvalue weighted by molar-refractivity contribution is 6.32. The first-order chi connectivity index (χ1) is 10.4. The van der Waals surface area contributed by atoms with Gasteiger partial charge in [0.15, 0.2) is 5.75 Å². The summed E-state index contributed by atoms with van der Waals surface area (Å²) in [5.41, 5.74) is 2.41. The predicted octanol–water partition coefficient (Wildman–Crippen LogP) is 4.48. The summed E-state index contributed by atoms with van der Waals surface area (Å²) in [4.78, 5) is 21.9. The fourth-order valence-corrected chi connectivity index (χ4v) is 2.02. The average Bonchev–Trinajstić information content (AvgIpc) is 2.46. The maximum atomic E-state index is 11.9. The average molecular weight is 321 g/mol. The number of benzene rings is 2. The van der Waals surface area contributed by atoms with Gasteiger partial charge in [0.2, 0.25) is 0 Å². The Morgan fingerprint density at radius 1 is 1.27 bits per heavy atom. The molecule has 1 amide bonds. The number of hydrogen-bond acceptors (Lipinski definition) is 4. The first-order valence-electron chi connectivity index (χ1n) is 6.37. The lowest BCUT2D eigenvalue weighted by atomic mass is 10.1. The van der Waals surface area contributed by atoms with Crippen LogP contribution in [0, 0.1) is 24.0 Å². The summed E-state index contributed by atoms with van der Waals surface area (Å²) in [5, 5.41) is 13.2. The van der Waals surface area contributed by atoms with E-state index < -0.39 is 11.0 Å². The second kappa shape index (κ2) is 6.44. The van der Waals surface area contributed by atoms with Gasteiger partial charge in [-0.05, 0) is 37.1 Å². The van der Waals surface area contributed by atoms with Crippen molar-refractivity contribution in [2.75, 3.05) is 5.32 Å². The van der Waals surface area contributed by atoms with E-state index in [4.69, 9.17) is 16.3 Å². The maximum Gasteiger partial charge on any atom is 0.417 e. The van der Waals surface area contributed by atoms with E-state index in [0.717, 1.165) is 17.2 Å². The van der Waals surface area contributed by atoms with E-state index in [0.29, 0.717) is 5.69 Å². The number of nitrogens with one attached hydrogen (secondary N) is 1. The lowest BCUT2D eigenvalue weighted by Gasteiger charge is -2.11. The number of halogens is 1. The third kappa shape index (κ3) is 3.53. The Labute approximate surface area is 131 Å². The van der Waals surface area contributed by atoms with Gasteiger partial charge in [-0.25, -0.2) is 4.79 Å². The largest absolute Gasteiger partial charge is 0.417 e. The van der Waals surface area contributed by atoms with Gasteiger partial charge in [-0.3, -0.25) is 15.4 Å². The number of aryl methyl sites for hydroxylation is 1. The molecule has 0 saturated carbocycles. The van der Waals surface area contributed by atoms with Crippen molar-refractivity contribution in [3.8, 4) is 5.75 Å². The Morgan fingerprint density at radius 2 is 2.00 bits per heavy atom. The van der Waals surface area contributed by atoms with Gasteiger partial charge in [-0.1, -0.05) is 23.7 Å². The molecule has 0 unspecified atom stereocenters. The minimum Gasteiger partial charge on any atom is -0.408 e. The van der Waals surface area contributed by atoms with Crippen LogP contribution >= 0.6 is 11.6 Å². The van der Waals surface area contributed by atoms with Crippen molar-refractivity contribution < 1.29 is 14.5 Å². The van der Waals surface area contributed by atoms with Crippen molar-refractivity contribution in [2.24, 2.45) is 0 Å². The number of nitro benzene ring substituents is 1. The summed E-state index contributed by atoms with van der Waals surface area (Å²) in [6.45, 7) is 3.81. The molecule has 0 aliphatic heterocycles. The fourth-order valence-electron chi connectivity index (χ4n) is 1.81. The van der Waals surface area contributed by atoms with Crippen LogP contribution in [0.3, 0.4) is 0 Å². The summed E-state index contributed by atoms with van der Waals surface area (Å²) in [6.07, 6.45) is -0.718. The molecule has 7 heteroatoms. The van der Waals surface area contributed by atoms with Crippen molar-refractivity contribution in [1.82, 2.24) is 0 Å². The van der Waals surface area contributed by atoms with E-state index >= 15 is 0 Å². The monoisotopic (exact) mass is 320 g/mol. The van der Waals surface area contributed by atoms with Crippen molar-refractivity contribution in [3.05, 3.63) is 62.7 Å². The van der Waals surface area contributed by atoms with Crippen LogP contribution < -0.4 is 10.1 Å². The molecular formula is C15H13ClN2O4. The van der Waals surface area contributed by atoms with E-state index in [1.54, 1.807) is 6.07 Å². The Kier molecular flexibility index (Phi) is 4.62. The zero-order valence-corrected chi connectivity index (χ0v) is 12.7. The highest BCUT2D eigenvalue weighted by Gasteiger charge is 2.14. The third-order valence-electron chi connectivity index (χ3n) is 3.17. The minimum absolute atomic E-state index is 0.00897. The SMILES string of the molecule is Cc1cccc(NC(=O)Oc2ccc([N+](=O)[O-])cc2Cl)c1C. The van der Waals surface area contributed by atoms with E-state index in [1.165, 1.54) is 12.1 Å². The number of hydrogen-bond donors (Lipinski definition) is 1. The number of carbonyl (C=O) groups excluding carboxylic acids is 1. The van der Waals surface area contributed by atoms with E-state index in [-0.39, 0.29) is 16.5 Å². The highest BCUT2D eigenvalue weighted by atomic mass is 35.5. The van der Waals surface area contributed by atoms with E-state index in [2.05, 4.69) is 5.32 Å². The molecule has 2 aromatic carbocycles. The molecule has 2 aromatic rings. The van der Waals surface area contributed by atoms with Crippen LogP contribution in [0.25, 0.3) is 0 Å². The third-order valence-corrected chi connectivity index (χ3v) is 3.47. The molecular weight excluding hydrogens is 308 g/mol. The van der Waals surface area contributed by atoms with Crippen molar-refractivity contribution >= 4 is 29.1 Å². The molecule has 0 atom stereocenters. The summed E-state index contributed by atoms with van der Waals surface area (Å²) in [7, 11) is 0. The van der Waals surface area contributed by atoms with Crippen LogP contribution in [0.2, 0.25) is 5.02 Å². The van der Waals surface area contributed by atoms with Gasteiger partial charge in [-0.15, -0.1) is 0 Å². The van der Waals surface area contributed by atoms with Crippen LogP contribution in [-0.2, 0) is 0 Å². The number of non-ortho nitro benzene ring substituents is 1. The van der Waals surface area contributed by atoms with E-state index in [1.807, 2.05) is 26.0 Å². The van der Waals surface area contributed by atoms with Crippen LogP contribution in [-0.4, -0.2) is 11.0 Å². The van der Waals surface area contributed by atoms with Gasteiger partial charge < -0.3 is 4.74 Å². The maximum absolute atomic E-state index is 11.9. The quantitative estimate of drug-likeness (QED) is 0.668. The van der Waals surface area contributed by atoms with Gasteiger partial charge in [0, 0.05) is 17.8 Å². The van der Waals surface area contributed by atoms with Crippen molar-refractivity contribution in [3.63, 3.8) is 0 Å². The Morgan fingerprint density at radius 3 is 2.64 bits per heavy atom. The number of amides is 1. The molecule has 1 N–H and O–H groups in total. The van der Waals surface area contributed by atoms with Crippen LogP contribution in [0.1, 0.15) is 11.1 Å². The fraction of sp³-hybridized carbons (Fsp3) is 0.133. The minimum atomic E-state index is -0.718. The number of ether oxygens (including phenoxy) is 1. The molecule has 0 heterocycles. The molecule has 22 heavy (non-hydrogen) atoms. The second-order valence-corrected chi connectivity index (χ2v) is 5.04. The zero-order chi connectivity index (χ0) is 16.3. The van der Waals surface area contributed by atoms with Crippen molar-refractivity contribution in [1.29, 1.82) is 0 Å². The number of nitro groups is 1. The van der Waals surface area contributed by atoms with Gasteiger partial charge in [-0.2, -0.15) is 0 Å². The van der Waals surface area contributed by atoms with Crippen LogP contribution in [0.15, 0.2) is 36.4 Å². The molecule has 114 valence electrons. The Hall–Kier alpha value is -2.60. The number of rotatable bonds is 3. The molecule has 0 saturated heterocycles. The summed E-state index contributed by atoms with van der Waals surface area (Å²) in [6, 6.07) is 9.12. The smallest absolute Gasteiger partial charge is 0.408 e. The molecule has 0 aliphatic carbocycles. The normalized spacial score (nSPS) is 10.1. The molecule has 0 aromatic heterocycles. The molecule has 2 rings (SSSR count). The number of carbonyl (C=O) groups is 1. The highest BCUT2D eigenvalue weighted by Crippen LogP contribution is 2.29. The zero-order valence-electron chi connectivity index (χ0n) is 11.9. The summed E-state index contributed by atoms with van der Waals surface area (Å²) < 4.78 is 5.07. The Balaban J connectivity index is 2.12. The van der Waals surface area contributed by atoms with Crippen molar-refractivity contribution in [2.45, 2.75) is 13.8 Å². The summed E-state index contributed by atoms with van der Waals surface area (Å²) in [5.74, 6) is 0.0510. The number of nitrogens with zero attached hydrogens (tertiary/aromatic N) is 1. The van der Waals surface area contributed by atoms with Gasteiger partial charge in [0.1, 0.15) is 0 Å². The Bertz CT molecular complexity index is 746. The topological polar surface area (TPSA) is 81.5 Å².